The smallest absolute Gasteiger partial charge is 0.312 e. The topological polar surface area (TPSA) is 142 Å². The first kappa shape index (κ1) is 28.6. The molecule has 0 radical (unpaired) electrons. The minimum Gasteiger partial charge on any atom is -0.368 e. The Morgan fingerprint density at radius 2 is 1.34 bits per heavy atom. The molecular weight excluding hydrogens is 514 g/mol. The quantitative estimate of drug-likeness (QED) is 0.262. The number of nitrogens with two attached hydrogens (primary N) is 2. The van der Waals surface area contributed by atoms with E-state index in [1.807, 2.05) is 91.0 Å². The van der Waals surface area contributed by atoms with Gasteiger partial charge in [-0.05, 0) is 39.9 Å². The monoisotopic (exact) mass is 545 g/mol. The lowest BCUT2D eigenvalue weighted by Crippen LogP contribution is -2.50. The Kier molecular flexibility index (Phi) is 9.47. The van der Waals surface area contributed by atoms with Crippen LogP contribution in [0, 0.1) is 11.3 Å². The number of amides is 4. The van der Waals surface area contributed by atoms with E-state index >= 15 is 0 Å². The molecule has 4 amide bonds. The summed E-state index contributed by atoms with van der Waals surface area (Å²) in [4.78, 5) is 40.2. The van der Waals surface area contributed by atoms with Gasteiger partial charge < -0.3 is 21.7 Å². The number of nitriles is 1. The molecule has 5 N–H and O–H groups in total. The molecule has 0 heterocycles. The summed E-state index contributed by atoms with van der Waals surface area (Å²) in [5.74, 6) is -1.60. The van der Waals surface area contributed by atoms with E-state index in [1.54, 1.807) is 18.2 Å². The molecule has 8 heteroatoms. The normalized spacial score (nSPS) is 11.3. The highest BCUT2D eigenvalue weighted by molar-refractivity contribution is 5.92. The number of nitrogens with zero attached hydrogens (tertiary/aromatic N) is 2. The van der Waals surface area contributed by atoms with Crippen molar-refractivity contribution in [2.45, 2.75) is 31.5 Å². The van der Waals surface area contributed by atoms with Crippen molar-refractivity contribution in [3.8, 4) is 6.07 Å². The molecule has 4 aromatic rings. The van der Waals surface area contributed by atoms with E-state index in [9.17, 15) is 19.6 Å². The van der Waals surface area contributed by atoms with E-state index in [1.165, 1.54) is 4.90 Å². The van der Waals surface area contributed by atoms with Gasteiger partial charge in [-0.2, -0.15) is 5.26 Å². The summed E-state index contributed by atoms with van der Waals surface area (Å²) in [7, 11) is 0. The van der Waals surface area contributed by atoms with Gasteiger partial charge in [0.1, 0.15) is 6.04 Å². The zero-order valence-electron chi connectivity index (χ0n) is 22.4. The fraction of sp³-hybridized carbons (Fsp3) is 0.152. The molecule has 0 aliphatic carbocycles. The average molecular weight is 546 g/mol. The fourth-order valence-electron chi connectivity index (χ4n) is 4.78. The summed E-state index contributed by atoms with van der Waals surface area (Å²) < 4.78 is 0. The Labute approximate surface area is 239 Å². The molecule has 4 aromatic carbocycles. The molecule has 0 aliphatic heterocycles. The zero-order valence-corrected chi connectivity index (χ0v) is 22.4. The maximum atomic E-state index is 14.6. The second kappa shape index (κ2) is 13.6. The molecule has 0 bridgehead atoms. The number of nitrogens with one attached hydrogen (secondary N) is 1. The SMILES string of the molecule is N#Cc1cccc(C[C@H](C(N)=O)N(Cc2ccc(CNC(N)=O)cc2)C(=O)C(c2ccccc2)c2ccccc2)c1. The molecule has 0 saturated heterocycles. The summed E-state index contributed by atoms with van der Waals surface area (Å²) in [6.07, 6.45) is 0.146. The molecule has 0 spiro atoms. The molecule has 4 rings (SSSR count). The molecule has 0 aliphatic rings. The van der Waals surface area contributed by atoms with Gasteiger partial charge >= 0.3 is 6.03 Å². The summed E-state index contributed by atoms with van der Waals surface area (Å²) in [6, 6.07) is 33.6. The summed E-state index contributed by atoms with van der Waals surface area (Å²) in [6.45, 7) is 0.381. The third kappa shape index (κ3) is 7.58. The van der Waals surface area contributed by atoms with Crippen LogP contribution >= 0.6 is 0 Å². The van der Waals surface area contributed by atoms with Gasteiger partial charge in [0.2, 0.25) is 11.8 Å². The molecule has 41 heavy (non-hydrogen) atoms. The highest BCUT2D eigenvalue weighted by atomic mass is 16.2. The molecule has 0 saturated carbocycles. The summed E-state index contributed by atoms with van der Waals surface area (Å²) in [5.41, 5.74) is 15.5. The highest BCUT2D eigenvalue weighted by Gasteiger charge is 2.34. The highest BCUT2D eigenvalue weighted by Crippen LogP contribution is 2.29. The molecule has 0 aromatic heterocycles. The van der Waals surface area contributed by atoms with Crippen molar-refractivity contribution in [3.05, 3.63) is 143 Å². The summed E-state index contributed by atoms with van der Waals surface area (Å²) >= 11 is 0. The van der Waals surface area contributed by atoms with Gasteiger partial charge in [0.15, 0.2) is 0 Å². The third-order valence-corrected chi connectivity index (χ3v) is 6.83. The van der Waals surface area contributed by atoms with Crippen LogP contribution in [0.4, 0.5) is 4.79 Å². The number of carbonyl (C=O) groups is 3. The minimum atomic E-state index is -0.984. The van der Waals surface area contributed by atoms with Crippen LogP contribution in [0.15, 0.2) is 109 Å². The van der Waals surface area contributed by atoms with Crippen molar-refractivity contribution in [3.63, 3.8) is 0 Å². The van der Waals surface area contributed by atoms with Gasteiger partial charge in [-0.3, -0.25) is 9.59 Å². The van der Waals surface area contributed by atoms with Crippen LogP contribution < -0.4 is 16.8 Å². The van der Waals surface area contributed by atoms with Gasteiger partial charge in [0.25, 0.3) is 0 Å². The first-order valence-corrected chi connectivity index (χ1v) is 13.2. The first-order chi connectivity index (χ1) is 19.9. The van der Waals surface area contributed by atoms with Crippen molar-refractivity contribution in [1.29, 1.82) is 5.26 Å². The van der Waals surface area contributed by atoms with Crippen LogP contribution in [-0.4, -0.2) is 28.8 Å². The number of carbonyl (C=O) groups excluding carboxylic acids is 3. The van der Waals surface area contributed by atoms with Crippen molar-refractivity contribution in [2.75, 3.05) is 0 Å². The molecular formula is C33H31N5O3. The largest absolute Gasteiger partial charge is 0.368 e. The van der Waals surface area contributed by atoms with Crippen LogP contribution in [0.25, 0.3) is 0 Å². The van der Waals surface area contributed by atoms with Crippen molar-refractivity contribution >= 4 is 17.8 Å². The second-order valence-electron chi connectivity index (χ2n) is 9.69. The van der Waals surface area contributed by atoms with Crippen LogP contribution in [-0.2, 0) is 29.1 Å². The number of hydrogen-bond donors (Lipinski definition) is 3. The van der Waals surface area contributed by atoms with Crippen LogP contribution in [0.2, 0.25) is 0 Å². The van der Waals surface area contributed by atoms with E-state index in [2.05, 4.69) is 11.4 Å². The van der Waals surface area contributed by atoms with Gasteiger partial charge in [0, 0.05) is 19.5 Å². The number of rotatable bonds is 11. The predicted octanol–water partition coefficient (Wildman–Crippen LogP) is 3.98. The first-order valence-electron chi connectivity index (χ1n) is 13.2. The Bertz CT molecular complexity index is 1490. The number of primary amides is 2. The standard InChI is InChI=1S/C33H31N5O3/c34-20-26-9-7-8-25(18-26)19-29(31(35)39)38(22-24-16-14-23(15-17-24)21-37-33(36)41)32(40)30(27-10-3-1-4-11-27)28-12-5-2-6-13-28/h1-18,29-30H,19,21-22H2,(H2,35,39)(H3,36,37,41)/t29-/m1/s1. The average Bonchev–Trinajstić information content (AvgIpc) is 2.99. The Morgan fingerprint density at radius 1 is 0.756 bits per heavy atom. The van der Waals surface area contributed by atoms with E-state index in [-0.39, 0.29) is 25.4 Å². The van der Waals surface area contributed by atoms with Gasteiger partial charge in [0.05, 0.1) is 17.6 Å². The number of benzene rings is 4. The van der Waals surface area contributed by atoms with Crippen LogP contribution in [0.3, 0.4) is 0 Å². The third-order valence-electron chi connectivity index (χ3n) is 6.83. The number of hydrogen-bond acceptors (Lipinski definition) is 4. The maximum absolute atomic E-state index is 14.6. The Hall–Kier alpha value is -5.42. The lowest BCUT2D eigenvalue weighted by Gasteiger charge is -2.33. The van der Waals surface area contributed by atoms with Crippen molar-refractivity contribution < 1.29 is 14.4 Å². The van der Waals surface area contributed by atoms with E-state index in [4.69, 9.17) is 11.5 Å². The minimum absolute atomic E-state index is 0.115. The van der Waals surface area contributed by atoms with Crippen molar-refractivity contribution in [2.24, 2.45) is 11.5 Å². The molecule has 1 atom stereocenters. The molecule has 206 valence electrons. The molecule has 0 fully saturated rings. The Balaban J connectivity index is 1.75. The van der Waals surface area contributed by atoms with E-state index in [0.29, 0.717) is 5.56 Å². The number of urea groups is 1. The maximum Gasteiger partial charge on any atom is 0.312 e. The van der Waals surface area contributed by atoms with E-state index < -0.39 is 23.9 Å². The van der Waals surface area contributed by atoms with Crippen LogP contribution in [0.1, 0.15) is 39.3 Å². The fourth-order valence-corrected chi connectivity index (χ4v) is 4.78. The Morgan fingerprint density at radius 3 is 1.88 bits per heavy atom. The van der Waals surface area contributed by atoms with E-state index in [0.717, 1.165) is 27.8 Å². The second-order valence-corrected chi connectivity index (χ2v) is 9.69. The van der Waals surface area contributed by atoms with Gasteiger partial charge in [-0.25, -0.2) is 4.79 Å². The zero-order chi connectivity index (χ0) is 29.2. The van der Waals surface area contributed by atoms with Crippen molar-refractivity contribution in [1.82, 2.24) is 10.2 Å². The lowest BCUT2D eigenvalue weighted by atomic mass is 9.88. The van der Waals surface area contributed by atoms with Gasteiger partial charge in [-0.15, -0.1) is 0 Å². The molecule has 0 unspecified atom stereocenters. The van der Waals surface area contributed by atoms with Crippen LogP contribution in [0.5, 0.6) is 0 Å². The van der Waals surface area contributed by atoms with Gasteiger partial charge in [-0.1, -0.05) is 97.1 Å². The summed E-state index contributed by atoms with van der Waals surface area (Å²) in [5, 5.41) is 11.9. The predicted molar refractivity (Wildman–Crippen MR) is 156 cm³/mol. The molecule has 8 nitrogen and oxygen atoms in total. The lowest BCUT2D eigenvalue weighted by molar-refractivity contribution is -0.140.